The summed E-state index contributed by atoms with van der Waals surface area (Å²) in [5.74, 6) is 1.36. The summed E-state index contributed by atoms with van der Waals surface area (Å²) in [6.07, 6.45) is 0. The maximum Gasteiger partial charge on any atom is 0.238 e. The SMILES string of the molecule is COc1ccccc1Oc1c(Cl)nc(C(C)C)nc1-c1ccccc1S(N)(=O)=O. The second-order valence-corrected chi connectivity index (χ2v) is 8.39. The van der Waals surface area contributed by atoms with Crippen LogP contribution in [-0.4, -0.2) is 25.5 Å². The predicted molar refractivity (Wildman–Crippen MR) is 111 cm³/mol. The summed E-state index contributed by atoms with van der Waals surface area (Å²) < 4.78 is 35.6. The zero-order valence-corrected chi connectivity index (χ0v) is 17.7. The van der Waals surface area contributed by atoms with Crippen LogP contribution >= 0.6 is 11.6 Å². The van der Waals surface area contributed by atoms with Crippen molar-refractivity contribution in [2.75, 3.05) is 7.11 Å². The minimum atomic E-state index is -4.01. The molecule has 3 aromatic rings. The van der Waals surface area contributed by atoms with E-state index in [0.29, 0.717) is 17.3 Å². The van der Waals surface area contributed by atoms with Gasteiger partial charge in [0.2, 0.25) is 10.0 Å². The lowest BCUT2D eigenvalue weighted by Gasteiger charge is -2.17. The van der Waals surface area contributed by atoms with Crippen molar-refractivity contribution in [2.45, 2.75) is 24.7 Å². The van der Waals surface area contributed by atoms with E-state index in [0.717, 1.165) is 0 Å². The van der Waals surface area contributed by atoms with Gasteiger partial charge in [-0.1, -0.05) is 55.8 Å². The Balaban J connectivity index is 2.29. The molecule has 0 amide bonds. The van der Waals surface area contributed by atoms with Gasteiger partial charge in [0, 0.05) is 11.5 Å². The predicted octanol–water partition coefficient (Wildman–Crippen LogP) is 4.37. The molecule has 0 saturated carbocycles. The number of para-hydroxylation sites is 2. The molecule has 2 aromatic carbocycles. The first-order valence-electron chi connectivity index (χ1n) is 8.73. The van der Waals surface area contributed by atoms with Crippen LogP contribution in [0.2, 0.25) is 5.15 Å². The molecule has 0 bridgehead atoms. The van der Waals surface area contributed by atoms with Crippen LogP contribution in [0.1, 0.15) is 25.6 Å². The fourth-order valence-corrected chi connectivity index (χ4v) is 3.65. The molecule has 0 aliphatic rings. The van der Waals surface area contributed by atoms with Crippen LogP contribution in [0.25, 0.3) is 11.3 Å². The Morgan fingerprint density at radius 1 is 1.00 bits per heavy atom. The van der Waals surface area contributed by atoms with Crippen LogP contribution in [0.5, 0.6) is 17.2 Å². The number of nitrogens with two attached hydrogens (primary N) is 1. The van der Waals surface area contributed by atoms with Gasteiger partial charge in [-0.25, -0.2) is 23.5 Å². The van der Waals surface area contributed by atoms with Gasteiger partial charge in [-0.3, -0.25) is 0 Å². The van der Waals surface area contributed by atoms with E-state index < -0.39 is 10.0 Å². The molecule has 0 aliphatic carbocycles. The first-order valence-corrected chi connectivity index (χ1v) is 10.6. The maximum absolute atomic E-state index is 12.1. The second-order valence-electron chi connectivity index (χ2n) is 6.50. The van der Waals surface area contributed by atoms with Crippen LogP contribution in [0.15, 0.2) is 53.4 Å². The molecule has 0 unspecified atom stereocenters. The highest BCUT2D eigenvalue weighted by Gasteiger charge is 2.24. The van der Waals surface area contributed by atoms with E-state index in [-0.39, 0.29) is 33.0 Å². The maximum atomic E-state index is 12.1. The average Bonchev–Trinajstić information content (AvgIpc) is 2.69. The molecule has 9 heteroatoms. The molecular weight excluding hydrogens is 414 g/mol. The summed E-state index contributed by atoms with van der Waals surface area (Å²) in [7, 11) is -2.50. The second kappa shape index (κ2) is 8.36. The average molecular weight is 434 g/mol. The molecule has 0 spiro atoms. The van der Waals surface area contributed by atoms with E-state index in [1.165, 1.54) is 13.2 Å². The number of nitrogens with zero attached hydrogens (tertiary/aromatic N) is 2. The molecule has 1 aromatic heterocycles. The highest BCUT2D eigenvalue weighted by molar-refractivity contribution is 7.89. The van der Waals surface area contributed by atoms with Crippen molar-refractivity contribution < 1.29 is 17.9 Å². The van der Waals surface area contributed by atoms with E-state index in [9.17, 15) is 8.42 Å². The number of ether oxygens (including phenoxy) is 2. The standard InChI is InChI=1S/C20H20ClN3O4S/c1-12(2)20-23-17(13-8-4-7-11-16(13)29(22,25)26)18(19(21)24-20)28-15-10-6-5-9-14(15)27-3/h4-12H,1-3H3,(H2,22,25,26). The molecule has 0 fully saturated rings. The van der Waals surface area contributed by atoms with Crippen molar-refractivity contribution in [2.24, 2.45) is 5.14 Å². The molecule has 0 saturated heterocycles. The summed E-state index contributed by atoms with van der Waals surface area (Å²) in [4.78, 5) is 8.77. The lowest BCUT2D eigenvalue weighted by molar-refractivity contribution is 0.378. The third-order valence-electron chi connectivity index (χ3n) is 4.09. The van der Waals surface area contributed by atoms with E-state index in [4.69, 9.17) is 26.2 Å². The van der Waals surface area contributed by atoms with Gasteiger partial charge in [0.05, 0.1) is 12.0 Å². The molecule has 2 N–H and O–H groups in total. The zero-order chi connectivity index (χ0) is 21.2. The van der Waals surface area contributed by atoms with E-state index in [1.54, 1.807) is 42.5 Å². The Hall–Kier alpha value is -2.68. The molecular formula is C20H20ClN3O4S. The quantitative estimate of drug-likeness (QED) is 0.579. The first kappa shape index (κ1) is 21.0. The summed E-state index contributed by atoms with van der Waals surface area (Å²) >= 11 is 6.44. The Morgan fingerprint density at radius 3 is 2.24 bits per heavy atom. The fourth-order valence-electron chi connectivity index (χ4n) is 2.69. The Kier molecular flexibility index (Phi) is 6.07. The normalized spacial score (nSPS) is 11.5. The largest absolute Gasteiger partial charge is 0.493 e. The lowest BCUT2D eigenvalue weighted by Crippen LogP contribution is -2.14. The highest BCUT2D eigenvalue weighted by atomic mass is 35.5. The smallest absolute Gasteiger partial charge is 0.238 e. The van der Waals surface area contributed by atoms with Crippen molar-refractivity contribution >= 4 is 21.6 Å². The first-order chi connectivity index (χ1) is 13.7. The number of aromatic nitrogens is 2. The Morgan fingerprint density at radius 2 is 1.62 bits per heavy atom. The van der Waals surface area contributed by atoms with Crippen LogP contribution in [0.4, 0.5) is 0 Å². The summed E-state index contributed by atoms with van der Waals surface area (Å²) in [6, 6.07) is 13.2. The molecule has 7 nitrogen and oxygen atoms in total. The number of methoxy groups -OCH3 is 1. The van der Waals surface area contributed by atoms with Crippen molar-refractivity contribution in [1.29, 1.82) is 0 Å². The van der Waals surface area contributed by atoms with E-state index in [1.807, 2.05) is 13.8 Å². The number of sulfonamides is 1. The Bertz CT molecular complexity index is 1150. The molecule has 1 heterocycles. The van der Waals surface area contributed by atoms with Gasteiger partial charge in [-0.15, -0.1) is 0 Å². The number of rotatable bonds is 6. The number of benzene rings is 2. The van der Waals surface area contributed by atoms with Crippen LogP contribution < -0.4 is 14.6 Å². The fraction of sp³-hybridized carbons (Fsp3) is 0.200. The topological polar surface area (TPSA) is 104 Å². The van der Waals surface area contributed by atoms with Crippen LogP contribution in [-0.2, 0) is 10.0 Å². The van der Waals surface area contributed by atoms with Gasteiger partial charge in [-0.2, -0.15) is 0 Å². The lowest BCUT2D eigenvalue weighted by atomic mass is 10.1. The van der Waals surface area contributed by atoms with Gasteiger partial charge >= 0.3 is 0 Å². The number of halogens is 1. The van der Waals surface area contributed by atoms with Crippen molar-refractivity contribution in [3.63, 3.8) is 0 Å². The minimum Gasteiger partial charge on any atom is -0.493 e. The number of hydrogen-bond donors (Lipinski definition) is 1. The van der Waals surface area contributed by atoms with Crippen molar-refractivity contribution in [3.05, 3.63) is 59.5 Å². The third-order valence-corrected chi connectivity index (χ3v) is 5.31. The molecule has 0 radical (unpaired) electrons. The monoisotopic (exact) mass is 433 g/mol. The van der Waals surface area contributed by atoms with E-state index in [2.05, 4.69) is 9.97 Å². The molecule has 0 aliphatic heterocycles. The molecule has 152 valence electrons. The van der Waals surface area contributed by atoms with Gasteiger partial charge in [-0.05, 0) is 18.2 Å². The van der Waals surface area contributed by atoms with Gasteiger partial charge in [0.25, 0.3) is 0 Å². The number of primary sulfonamides is 1. The third kappa shape index (κ3) is 4.50. The van der Waals surface area contributed by atoms with Gasteiger partial charge in [0.1, 0.15) is 11.5 Å². The zero-order valence-electron chi connectivity index (χ0n) is 16.1. The summed E-state index contributed by atoms with van der Waals surface area (Å²) in [6.45, 7) is 3.81. The molecule has 0 atom stereocenters. The highest BCUT2D eigenvalue weighted by Crippen LogP contribution is 2.41. The van der Waals surface area contributed by atoms with Gasteiger partial charge in [0.15, 0.2) is 22.4 Å². The number of hydrogen-bond acceptors (Lipinski definition) is 6. The van der Waals surface area contributed by atoms with Gasteiger partial charge < -0.3 is 9.47 Å². The summed E-state index contributed by atoms with van der Waals surface area (Å²) in [5, 5.41) is 5.46. The van der Waals surface area contributed by atoms with Crippen LogP contribution in [0, 0.1) is 0 Å². The van der Waals surface area contributed by atoms with E-state index >= 15 is 0 Å². The minimum absolute atomic E-state index is 0.0480. The summed E-state index contributed by atoms with van der Waals surface area (Å²) in [5.41, 5.74) is 0.496. The molecule has 29 heavy (non-hydrogen) atoms. The Labute approximate surface area is 174 Å². The van der Waals surface area contributed by atoms with Crippen molar-refractivity contribution in [1.82, 2.24) is 9.97 Å². The van der Waals surface area contributed by atoms with Crippen molar-refractivity contribution in [3.8, 4) is 28.5 Å². The van der Waals surface area contributed by atoms with Crippen LogP contribution in [0.3, 0.4) is 0 Å². The molecule has 3 rings (SSSR count).